The molecular formula is C17H13N2O6P. The Kier molecular flexibility index (Phi) is 3.78. The molecule has 0 bridgehead atoms. The predicted octanol–water partition coefficient (Wildman–Crippen LogP) is 2.73. The van der Waals surface area contributed by atoms with E-state index in [9.17, 15) is 14.5 Å². The molecule has 4 rings (SSSR count). The van der Waals surface area contributed by atoms with Crippen molar-refractivity contribution in [2.75, 3.05) is 0 Å². The lowest BCUT2D eigenvalue weighted by Crippen LogP contribution is -2.11. The number of aromatic nitrogens is 1. The molecule has 132 valence electrons. The minimum absolute atomic E-state index is 0.0785. The van der Waals surface area contributed by atoms with Crippen molar-refractivity contribution in [3.05, 3.63) is 59.7 Å². The van der Waals surface area contributed by atoms with Crippen molar-refractivity contribution < 1.29 is 28.8 Å². The van der Waals surface area contributed by atoms with E-state index in [0.29, 0.717) is 22.2 Å². The average Bonchev–Trinajstić information content (AvgIpc) is 3.07. The zero-order valence-corrected chi connectivity index (χ0v) is 14.1. The average molecular weight is 372 g/mol. The normalized spacial score (nSPS) is 13.9. The van der Waals surface area contributed by atoms with E-state index in [4.69, 9.17) is 9.79 Å². The first-order valence-corrected chi connectivity index (χ1v) is 9.13. The number of carbonyl (C=O) groups excluding carboxylic acids is 1. The van der Waals surface area contributed by atoms with Gasteiger partial charge in [-0.2, -0.15) is 0 Å². The predicted molar refractivity (Wildman–Crippen MR) is 93.7 cm³/mol. The molecule has 0 atom stereocenters. The highest BCUT2D eigenvalue weighted by Crippen LogP contribution is 2.40. The number of carbonyl (C=O) groups is 1. The van der Waals surface area contributed by atoms with Gasteiger partial charge in [-0.05, 0) is 18.2 Å². The molecular weight excluding hydrogens is 359 g/mol. The van der Waals surface area contributed by atoms with Crippen molar-refractivity contribution in [2.45, 2.75) is 6.73 Å². The standard InChI is InChI=1S/C17H13N2O6P/c20-16-10-5-1-3-7-12(10)18-15(16)14-11-6-2-4-8-13(11)19(17(14)21)9-25-26(22,23)24/h1-8,21H,9H2,(H2,22,23,24). The zero-order valence-electron chi connectivity index (χ0n) is 13.2. The molecule has 3 aromatic rings. The molecule has 0 amide bonds. The molecule has 1 aliphatic heterocycles. The van der Waals surface area contributed by atoms with Crippen LogP contribution in [0.15, 0.2) is 53.5 Å². The number of fused-ring (bicyclic) bond motifs is 2. The van der Waals surface area contributed by atoms with Gasteiger partial charge in [0.05, 0.1) is 16.8 Å². The maximum Gasteiger partial charge on any atom is 0.471 e. The monoisotopic (exact) mass is 372 g/mol. The lowest BCUT2D eigenvalue weighted by molar-refractivity contribution is 0.106. The van der Waals surface area contributed by atoms with Crippen molar-refractivity contribution in [1.82, 2.24) is 4.57 Å². The van der Waals surface area contributed by atoms with Crippen LogP contribution in [0.1, 0.15) is 15.9 Å². The molecule has 9 heteroatoms. The Morgan fingerprint density at radius 2 is 1.77 bits per heavy atom. The Bertz CT molecular complexity index is 1130. The molecule has 2 aromatic carbocycles. The number of aliphatic imine (C=N–C) groups is 1. The number of phosphoric acid groups is 1. The fraction of sp³-hybridized carbons (Fsp3) is 0.0588. The van der Waals surface area contributed by atoms with Gasteiger partial charge in [0.25, 0.3) is 0 Å². The lowest BCUT2D eigenvalue weighted by Gasteiger charge is -2.09. The molecule has 0 saturated carbocycles. The molecule has 2 heterocycles. The first kappa shape index (κ1) is 16.7. The minimum Gasteiger partial charge on any atom is -0.494 e. The van der Waals surface area contributed by atoms with Crippen LogP contribution in [0.4, 0.5) is 5.69 Å². The Labute approximate surface area is 147 Å². The van der Waals surface area contributed by atoms with Crippen LogP contribution in [-0.2, 0) is 15.8 Å². The first-order chi connectivity index (χ1) is 12.4. The summed E-state index contributed by atoms with van der Waals surface area (Å²) < 4.78 is 16.7. The Hall–Kier alpha value is -2.77. The van der Waals surface area contributed by atoms with Crippen LogP contribution in [0.2, 0.25) is 0 Å². The maximum absolute atomic E-state index is 12.7. The molecule has 8 nitrogen and oxygen atoms in total. The quantitative estimate of drug-likeness (QED) is 0.606. The highest BCUT2D eigenvalue weighted by Gasteiger charge is 2.31. The molecule has 0 radical (unpaired) electrons. The summed E-state index contributed by atoms with van der Waals surface area (Å²) in [7, 11) is -4.73. The molecule has 26 heavy (non-hydrogen) atoms. The molecule has 3 N–H and O–H groups in total. The van der Waals surface area contributed by atoms with Gasteiger partial charge in [-0.15, -0.1) is 0 Å². The molecule has 0 spiro atoms. The third-order valence-corrected chi connectivity index (χ3v) is 4.58. The maximum atomic E-state index is 12.7. The summed E-state index contributed by atoms with van der Waals surface area (Å²) >= 11 is 0. The zero-order chi connectivity index (χ0) is 18.5. The fourth-order valence-corrected chi connectivity index (χ4v) is 3.28. The molecule has 1 aliphatic rings. The number of nitrogens with zero attached hydrogens (tertiary/aromatic N) is 2. The topological polar surface area (TPSA) is 121 Å². The number of rotatable bonds is 4. The van der Waals surface area contributed by atoms with Gasteiger partial charge in [0, 0.05) is 10.9 Å². The molecule has 0 unspecified atom stereocenters. The van der Waals surface area contributed by atoms with Crippen molar-refractivity contribution >= 4 is 35.9 Å². The van der Waals surface area contributed by atoms with Crippen LogP contribution in [-0.4, -0.2) is 31.0 Å². The van der Waals surface area contributed by atoms with E-state index in [0.717, 1.165) is 0 Å². The van der Waals surface area contributed by atoms with E-state index in [1.54, 1.807) is 48.5 Å². The smallest absolute Gasteiger partial charge is 0.471 e. The lowest BCUT2D eigenvalue weighted by atomic mass is 10.0. The van der Waals surface area contributed by atoms with E-state index in [2.05, 4.69) is 9.52 Å². The Morgan fingerprint density at radius 3 is 2.50 bits per heavy atom. The number of Topliss-reactive ketones (excluding diaryl/α,β-unsaturated/α-hetero) is 1. The SMILES string of the molecule is O=C1C(c2c(O)n(COP(=O)(O)O)c3ccccc23)=Nc2ccccc21. The van der Waals surface area contributed by atoms with Crippen molar-refractivity contribution in [3.8, 4) is 5.88 Å². The Morgan fingerprint density at radius 1 is 1.08 bits per heavy atom. The summed E-state index contributed by atoms with van der Waals surface area (Å²) in [6.45, 7) is -0.578. The molecule has 0 aliphatic carbocycles. The van der Waals surface area contributed by atoms with E-state index < -0.39 is 14.6 Å². The number of hydrogen-bond acceptors (Lipinski definition) is 5. The van der Waals surface area contributed by atoms with Gasteiger partial charge in [0.2, 0.25) is 11.7 Å². The number of aromatic hydroxyl groups is 1. The Balaban J connectivity index is 1.88. The van der Waals surface area contributed by atoms with Crippen LogP contribution in [0.5, 0.6) is 5.88 Å². The van der Waals surface area contributed by atoms with Crippen LogP contribution in [0, 0.1) is 0 Å². The van der Waals surface area contributed by atoms with Gasteiger partial charge < -0.3 is 14.9 Å². The summed E-state index contributed by atoms with van der Waals surface area (Å²) in [5.74, 6) is -0.672. The number of phosphoric ester groups is 1. The fourth-order valence-electron chi connectivity index (χ4n) is 3.02. The van der Waals surface area contributed by atoms with E-state index in [1.807, 2.05) is 0 Å². The largest absolute Gasteiger partial charge is 0.494 e. The van der Waals surface area contributed by atoms with E-state index in [-0.39, 0.29) is 22.9 Å². The third kappa shape index (κ3) is 2.65. The van der Waals surface area contributed by atoms with Crippen LogP contribution in [0.25, 0.3) is 10.9 Å². The number of hydrogen-bond donors (Lipinski definition) is 3. The summed E-state index contributed by atoms with van der Waals surface area (Å²) in [6, 6.07) is 13.6. The summed E-state index contributed by atoms with van der Waals surface area (Å²) in [6.07, 6.45) is 0. The van der Waals surface area contributed by atoms with Crippen molar-refractivity contribution in [1.29, 1.82) is 0 Å². The number of benzene rings is 2. The van der Waals surface area contributed by atoms with Crippen LogP contribution < -0.4 is 0 Å². The second-order valence-electron chi connectivity index (χ2n) is 5.70. The van der Waals surface area contributed by atoms with E-state index >= 15 is 0 Å². The molecule has 0 fully saturated rings. The van der Waals surface area contributed by atoms with Gasteiger partial charge in [-0.1, -0.05) is 30.3 Å². The third-order valence-electron chi connectivity index (χ3n) is 4.13. The van der Waals surface area contributed by atoms with Gasteiger partial charge in [0.1, 0.15) is 12.4 Å². The second-order valence-corrected chi connectivity index (χ2v) is 6.94. The van der Waals surface area contributed by atoms with Gasteiger partial charge >= 0.3 is 7.82 Å². The highest BCUT2D eigenvalue weighted by atomic mass is 31.2. The van der Waals surface area contributed by atoms with Gasteiger partial charge in [-0.3, -0.25) is 13.9 Å². The minimum atomic E-state index is -4.73. The van der Waals surface area contributed by atoms with Gasteiger partial charge in [0.15, 0.2) is 0 Å². The second kappa shape index (κ2) is 5.89. The van der Waals surface area contributed by atoms with E-state index in [1.165, 1.54) is 4.57 Å². The summed E-state index contributed by atoms with van der Waals surface area (Å²) in [5, 5.41) is 11.2. The first-order valence-electron chi connectivity index (χ1n) is 7.60. The summed E-state index contributed by atoms with van der Waals surface area (Å²) in [5.41, 5.74) is 1.69. The highest BCUT2D eigenvalue weighted by molar-refractivity contribution is 7.46. The number of ketones is 1. The van der Waals surface area contributed by atoms with Crippen LogP contribution >= 0.6 is 7.82 Å². The summed E-state index contributed by atoms with van der Waals surface area (Å²) in [4.78, 5) is 34.9. The van der Waals surface area contributed by atoms with Crippen LogP contribution in [0.3, 0.4) is 0 Å². The molecule has 1 aromatic heterocycles. The number of para-hydroxylation sites is 2. The van der Waals surface area contributed by atoms with Crippen molar-refractivity contribution in [3.63, 3.8) is 0 Å². The van der Waals surface area contributed by atoms with Crippen molar-refractivity contribution in [2.24, 2.45) is 4.99 Å². The van der Waals surface area contributed by atoms with Gasteiger partial charge in [-0.25, -0.2) is 9.56 Å². The molecule has 0 saturated heterocycles.